The van der Waals surface area contributed by atoms with Crippen molar-refractivity contribution in [3.8, 4) is 0 Å². The number of hydrogen-bond acceptors (Lipinski definition) is 2. The van der Waals surface area contributed by atoms with Crippen molar-refractivity contribution in [2.45, 2.75) is 19.9 Å². The topological polar surface area (TPSA) is 34.9 Å². The summed E-state index contributed by atoms with van der Waals surface area (Å²) in [5, 5.41) is 0. The van der Waals surface area contributed by atoms with Crippen LogP contribution in [0.15, 0.2) is 36.9 Å². The normalized spacial score (nSPS) is 10.5. The second-order valence-electron chi connectivity index (χ2n) is 3.86. The molecule has 0 N–H and O–H groups in total. The number of rotatable bonds is 4. The van der Waals surface area contributed by atoms with Crippen molar-refractivity contribution in [1.29, 1.82) is 0 Å². The number of carbonyl (C=O) groups is 1. The molecular weight excluding hydrogens is 219 g/mol. The van der Waals surface area contributed by atoms with Gasteiger partial charge in [-0.3, -0.25) is 9.78 Å². The Hall–Kier alpha value is -1.97. The zero-order valence-electron chi connectivity index (χ0n) is 9.56. The van der Waals surface area contributed by atoms with Gasteiger partial charge >= 0.3 is 0 Å². The van der Waals surface area contributed by atoms with Crippen LogP contribution in [-0.2, 0) is 6.54 Å². The molecule has 0 aliphatic rings. The minimum absolute atomic E-state index is 0.112. The standard InChI is InChI=1S/C13H13FN2O/c1-2-13(17)11-3-4-16(9-11)8-10-5-12(14)7-15-6-10/h3-7,9H,2,8H2,1H3. The molecule has 0 saturated heterocycles. The molecule has 2 heterocycles. The molecule has 0 aromatic carbocycles. The third-order valence-electron chi connectivity index (χ3n) is 2.52. The Morgan fingerprint density at radius 1 is 1.47 bits per heavy atom. The van der Waals surface area contributed by atoms with Crippen molar-refractivity contribution in [2.24, 2.45) is 0 Å². The summed E-state index contributed by atoms with van der Waals surface area (Å²) in [6.45, 7) is 2.35. The summed E-state index contributed by atoms with van der Waals surface area (Å²) >= 11 is 0. The van der Waals surface area contributed by atoms with Gasteiger partial charge in [0.05, 0.1) is 6.20 Å². The quantitative estimate of drug-likeness (QED) is 0.759. The van der Waals surface area contributed by atoms with E-state index in [1.165, 1.54) is 12.3 Å². The van der Waals surface area contributed by atoms with Gasteiger partial charge in [-0.2, -0.15) is 0 Å². The zero-order valence-corrected chi connectivity index (χ0v) is 9.56. The van der Waals surface area contributed by atoms with Crippen LogP contribution in [0.4, 0.5) is 4.39 Å². The predicted molar refractivity (Wildman–Crippen MR) is 62.4 cm³/mol. The lowest BCUT2D eigenvalue weighted by atomic mass is 10.2. The van der Waals surface area contributed by atoms with Crippen LogP contribution in [0.1, 0.15) is 29.3 Å². The molecule has 0 amide bonds. The van der Waals surface area contributed by atoms with E-state index in [1.54, 1.807) is 18.5 Å². The second kappa shape index (κ2) is 4.91. The number of carbonyl (C=O) groups excluding carboxylic acids is 1. The van der Waals surface area contributed by atoms with Crippen LogP contribution in [0.3, 0.4) is 0 Å². The Morgan fingerprint density at radius 3 is 3.00 bits per heavy atom. The van der Waals surface area contributed by atoms with Crippen molar-refractivity contribution in [3.63, 3.8) is 0 Å². The zero-order chi connectivity index (χ0) is 12.3. The summed E-state index contributed by atoms with van der Waals surface area (Å²) in [6.07, 6.45) is 6.87. The first-order valence-corrected chi connectivity index (χ1v) is 5.47. The largest absolute Gasteiger partial charge is 0.349 e. The van der Waals surface area contributed by atoms with Gasteiger partial charge in [0.2, 0.25) is 0 Å². The fraction of sp³-hybridized carbons (Fsp3) is 0.231. The van der Waals surface area contributed by atoms with Gasteiger partial charge in [-0.05, 0) is 17.7 Å². The molecule has 0 aliphatic heterocycles. The molecule has 0 spiro atoms. The first-order chi connectivity index (χ1) is 8.19. The molecule has 17 heavy (non-hydrogen) atoms. The highest BCUT2D eigenvalue weighted by Crippen LogP contribution is 2.08. The molecule has 0 atom stereocenters. The Bertz CT molecular complexity index is 534. The molecular formula is C13H13FN2O. The van der Waals surface area contributed by atoms with Crippen LogP contribution in [0.25, 0.3) is 0 Å². The van der Waals surface area contributed by atoms with Crippen LogP contribution in [-0.4, -0.2) is 15.3 Å². The van der Waals surface area contributed by atoms with Crippen LogP contribution in [0, 0.1) is 5.82 Å². The van der Waals surface area contributed by atoms with Crippen LogP contribution >= 0.6 is 0 Å². The average molecular weight is 232 g/mol. The summed E-state index contributed by atoms with van der Waals surface area (Å²) in [7, 11) is 0. The van der Waals surface area contributed by atoms with E-state index in [1.807, 2.05) is 17.7 Å². The van der Waals surface area contributed by atoms with Gasteiger partial charge in [0.1, 0.15) is 5.82 Å². The molecule has 88 valence electrons. The van der Waals surface area contributed by atoms with Gasteiger partial charge < -0.3 is 4.57 Å². The molecule has 2 aromatic heterocycles. The third-order valence-corrected chi connectivity index (χ3v) is 2.52. The second-order valence-corrected chi connectivity index (χ2v) is 3.86. The first-order valence-electron chi connectivity index (χ1n) is 5.47. The van der Waals surface area contributed by atoms with Gasteiger partial charge in [-0.15, -0.1) is 0 Å². The fourth-order valence-corrected chi connectivity index (χ4v) is 1.66. The number of nitrogens with zero attached hydrogens (tertiary/aromatic N) is 2. The van der Waals surface area contributed by atoms with E-state index in [0.717, 1.165) is 5.56 Å². The summed E-state index contributed by atoms with van der Waals surface area (Å²) in [5.41, 5.74) is 1.47. The lowest BCUT2D eigenvalue weighted by Gasteiger charge is -2.02. The smallest absolute Gasteiger partial charge is 0.164 e. The van der Waals surface area contributed by atoms with Gasteiger partial charge in [0.25, 0.3) is 0 Å². The minimum atomic E-state index is -0.348. The average Bonchev–Trinajstić information content (AvgIpc) is 2.76. The summed E-state index contributed by atoms with van der Waals surface area (Å²) in [4.78, 5) is 15.2. The maximum absolute atomic E-state index is 12.9. The van der Waals surface area contributed by atoms with E-state index in [4.69, 9.17) is 0 Å². The van der Waals surface area contributed by atoms with E-state index in [0.29, 0.717) is 18.5 Å². The number of halogens is 1. The number of ketones is 1. The lowest BCUT2D eigenvalue weighted by Crippen LogP contribution is -1.99. The highest BCUT2D eigenvalue weighted by Gasteiger charge is 2.05. The van der Waals surface area contributed by atoms with E-state index in [9.17, 15) is 9.18 Å². The van der Waals surface area contributed by atoms with E-state index in [2.05, 4.69) is 4.98 Å². The fourth-order valence-electron chi connectivity index (χ4n) is 1.66. The molecule has 0 unspecified atom stereocenters. The first kappa shape index (κ1) is 11.5. The van der Waals surface area contributed by atoms with Crippen molar-refractivity contribution < 1.29 is 9.18 Å². The number of Topliss-reactive ketones (excluding diaryl/α,β-unsaturated/α-hetero) is 1. The molecule has 0 fully saturated rings. The van der Waals surface area contributed by atoms with E-state index >= 15 is 0 Å². The number of pyridine rings is 1. The Morgan fingerprint density at radius 2 is 2.29 bits per heavy atom. The monoisotopic (exact) mass is 232 g/mol. The highest BCUT2D eigenvalue weighted by molar-refractivity contribution is 5.95. The molecule has 4 heteroatoms. The summed E-state index contributed by atoms with van der Waals surface area (Å²) in [5.74, 6) is -0.236. The number of hydrogen-bond donors (Lipinski definition) is 0. The number of aromatic nitrogens is 2. The van der Waals surface area contributed by atoms with Crippen LogP contribution < -0.4 is 0 Å². The SMILES string of the molecule is CCC(=O)c1ccn(Cc2cncc(F)c2)c1. The summed E-state index contributed by atoms with van der Waals surface area (Å²) < 4.78 is 14.8. The minimum Gasteiger partial charge on any atom is -0.349 e. The molecule has 0 saturated carbocycles. The molecule has 0 bridgehead atoms. The van der Waals surface area contributed by atoms with E-state index < -0.39 is 0 Å². The summed E-state index contributed by atoms with van der Waals surface area (Å²) in [6, 6.07) is 3.22. The molecule has 0 aliphatic carbocycles. The van der Waals surface area contributed by atoms with Crippen molar-refractivity contribution in [1.82, 2.24) is 9.55 Å². The van der Waals surface area contributed by atoms with Crippen molar-refractivity contribution in [3.05, 3.63) is 53.9 Å². The maximum Gasteiger partial charge on any atom is 0.164 e. The van der Waals surface area contributed by atoms with Crippen molar-refractivity contribution >= 4 is 5.78 Å². The molecule has 3 nitrogen and oxygen atoms in total. The van der Waals surface area contributed by atoms with Gasteiger partial charge in [-0.25, -0.2) is 4.39 Å². The molecule has 2 rings (SSSR count). The van der Waals surface area contributed by atoms with Crippen molar-refractivity contribution in [2.75, 3.05) is 0 Å². The van der Waals surface area contributed by atoms with Gasteiger partial charge in [-0.1, -0.05) is 6.92 Å². The van der Waals surface area contributed by atoms with E-state index in [-0.39, 0.29) is 11.6 Å². The molecule has 2 aromatic rings. The lowest BCUT2D eigenvalue weighted by molar-refractivity contribution is 0.0988. The Balaban J connectivity index is 2.14. The van der Waals surface area contributed by atoms with Gasteiger partial charge in [0.15, 0.2) is 5.78 Å². The molecule has 0 radical (unpaired) electrons. The Labute approximate surface area is 98.9 Å². The predicted octanol–water partition coefficient (Wildman–Crippen LogP) is 2.66. The highest BCUT2D eigenvalue weighted by atomic mass is 19.1. The Kier molecular flexibility index (Phi) is 3.32. The van der Waals surface area contributed by atoms with Crippen LogP contribution in [0.5, 0.6) is 0 Å². The maximum atomic E-state index is 12.9. The third kappa shape index (κ3) is 2.78. The van der Waals surface area contributed by atoms with Gasteiger partial charge in [0, 0.05) is 37.1 Å². The van der Waals surface area contributed by atoms with Crippen LogP contribution in [0.2, 0.25) is 0 Å².